The van der Waals surface area contributed by atoms with Gasteiger partial charge in [0.05, 0.1) is 0 Å². The van der Waals surface area contributed by atoms with E-state index in [9.17, 15) is 4.79 Å². The highest BCUT2D eigenvalue weighted by molar-refractivity contribution is 5.73. The van der Waals surface area contributed by atoms with Gasteiger partial charge in [0.25, 0.3) is 0 Å². The molecule has 2 heteroatoms. The molecule has 96 valence electrons. The van der Waals surface area contributed by atoms with E-state index in [-0.39, 0.29) is 5.91 Å². The van der Waals surface area contributed by atoms with Gasteiger partial charge in [0, 0.05) is 20.0 Å². The molecule has 1 aromatic rings. The Morgan fingerprint density at radius 3 is 2.61 bits per heavy atom. The Morgan fingerprint density at radius 1 is 1.22 bits per heavy atom. The van der Waals surface area contributed by atoms with Crippen molar-refractivity contribution in [2.24, 2.45) is 0 Å². The van der Waals surface area contributed by atoms with Gasteiger partial charge in [-0.15, -0.1) is 0 Å². The van der Waals surface area contributed by atoms with E-state index in [1.807, 2.05) is 4.90 Å². The predicted molar refractivity (Wildman–Crippen MR) is 72.7 cm³/mol. The number of nitrogens with zero attached hydrogens (tertiary/aromatic N) is 1. The Bertz CT molecular complexity index is 484. The van der Waals surface area contributed by atoms with Crippen molar-refractivity contribution in [2.75, 3.05) is 13.1 Å². The van der Waals surface area contributed by atoms with Crippen LogP contribution in [0.15, 0.2) is 18.2 Å². The molecule has 1 aliphatic carbocycles. The number of benzene rings is 1. The highest BCUT2D eigenvalue weighted by Gasteiger charge is 2.41. The van der Waals surface area contributed by atoms with E-state index in [0.29, 0.717) is 5.41 Å². The molecular weight excluding hydrogens is 222 g/mol. The van der Waals surface area contributed by atoms with Crippen molar-refractivity contribution in [3.63, 3.8) is 0 Å². The van der Waals surface area contributed by atoms with Crippen LogP contribution >= 0.6 is 0 Å². The lowest BCUT2D eigenvalue weighted by Gasteiger charge is -2.40. The fourth-order valence-electron chi connectivity index (χ4n) is 3.68. The zero-order chi connectivity index (χ0) is 12.8. The molecule has 1 amide bonds. The molecule has 1 heterocycles. The SMILES string of the molecule is CC(=O)N1CCC2(CCc3ccc(C)cc32)CC1. The average Bonchev–Trinajstić information content (AvgIpc) is 2.69. The largest absolute Gasteiger partial charge is 0.343 e. The van der Waals surface area contributed by atoms with Crippen LogP contribution in [0.1, 0.15) is 42.9 Å². The van der Waals surface area contributed by atoms with Crippen LogP contribution in [-0.4, -0.2) is 23.9 Å². The molecule has 0 atom stereocenters. The summed E-state index contributed by atoms with van der Waals surface area (Å²) >= 11 is 0. The molecule has 1 spiro atoms. The van der Waals surface area contributed by atoms with E-state index in [1.165, 1.54) is 24.0 Å². The van der Waals surface area contributed by atoms with Crippen molar-refractivity contribution in [3.8, 4) is 0 Å². The summed E-state index contributed by atoms with van der Waals surface area (Å²) in [6.45, 7) is 5.73. The van der Waals surface area contributed by atoms with Crippen LogP contribution in [0.2, 0.25) is 0 Å². The molecule has 0 radical (unpaired) electrons. The molecule has 0 aromatic heterocycles. The summed E-state index contributed by atoms with van der Waals surface area (Å²) in [5.41, 5.74) is 4.85. The Balaban J connectivity index is 1.88. The Hall–Kier alpha value is -1.31. The van der Waals surface area contributed by atoms with Crippen LogP contribution in [0.4, 0.5) is 0 Å². The summed E-state index contributed by atoms with van der Waals surface area (Å²) in [6.07, 6.45) is 4.78. The number of likely N-dealkylation sites (tertiary alicyclic amines) is 1. The van der Waals surface area contributed by atoms with Crippen LogP contribution in [-0.2, 0) is 16.6 Å². The monoisotopic (exact) mass is 243 g/mol. The van der Waals surface area contributed by atoms with Crippen LogP contribution in [0, 0.1) is 6.92 Å². The van der Waals surface area contributed by atoms with Gasteiger partial charge in [0.2, 0.25) is 5.91 Å². The van der Waals surface area contributed by atoms with E-state index < -0.39 is 0 Å². The molecular formula is C16H21NO. The molecule has 1 aliphatic heterocycles. The van der Waals surface area contributed by atoms with E-state index in [1.54, 1.807) is 12.5 Å². The van der Waals surface area contributed by atoms with E-state index in [2.05, 4.69) is 25.1 Å². The number of fused-ring (bicyclic) bond motifs is 2. The Kier molecular flexibility index (Phi) is 2.69. The second kappa shape index (κ2) is 4.11. The Morgan fingerprint density at radius 2 is 1.94 bits per heavy atom. The van der Waals surface area contributed by atoms with E-state index >= 15 is 0 Å². The molecule has 0 saturated carbocycles. The summed E-state index contributed by atoms with van der Waals surface area (Å²) in [5.74, 6) is 0.229. The summed E-state index contributed by atoms with van der Waals surface area (Å²) in [6, 6.07) is 6.91. The molecule has 0 unspecified atom stereocenters. The topological polar surface area (TPSA) is 20.3 Å². The molecule has 2 aliphatic rings. The van der Waals surface area contributed by atoms with Gasteiger partial charge in [-0.3, -0.25) is 4.79 Å². The lowest BCUT2D eigenvalue weighted by Crippen LogP contribution is -2.43. The summed E-state index contributed by atoms with van der Waals surface area (Å²) in [5, 5.41) is 0. The lowest BCUT2D eigenvalue weighted by molar-refractivity contribution is -0.130. The van der Waals surface area contributed by atoms with Gasteiger partial charge < -0.3 is 4.90 Å². The number of amides is 1. The predicted octanol–water partition coefficient (Wildman–Crippen LogP) is 2.82. The fraction of sp³-hybridized carbons (Fsp3) is 0.562. The minimum atomic E-state index is 0.229. The summed E-state index contributed by atoms with van der Waals surface area (Å²) < 4.78 is 0. The van der Waals surface area contributed by atoms with Crippen LogP contribution < -0.4 is 0 Å². The highest BCUT2D eigenvalue weighted by atomic mass is 16.2. The van der Waals surface area contributed by atoms with Gasteiger partial charge in [0.15, 0.2) is 0 Å². The smallest absolute Gasteiger partial charge is 0.219 e. The number of piperidine rings is 1. The number of aryl methyl sites for hydroxylation is 2. The second-order valence-corrected chi connectivity index (χ2v) is 5.95. The van der Waals surface area contributed by atoms with Gasteiger partial charge in [-0.25, -0.2) is 0 Å². The normalized spacial score (nSPS) is 21.1. The maximum Gasteiger partial charge on any atom is 0.219 e. The van der Waals surface area contributed by atoms with E-state index in [4.69, 9.17) is 0 Å². The Labute approximate surface area is 109 Å². The first-order valence-corrected chi connectivity index (χ1v) is 6.96. The van der Waals surface area contributed by atoms with Gasteiger partial charge in [-0.1, -0.05) is 23.8 Å². The van der Waals surface area contributed by atoms with Crippen molar-refractivity contribution in [2.45, 2.75) is 44.9 Å². The minimum Gasteiger partial charge on any atom is -0.343 e. The van der Waals surface area contributed by atoms with Crippen molar-refractivity contribution < 1.29 is 4.79 Å². The average molecular weight is 243 g/mol. The number of rotatable bonds is 0. The van der Waals surface area contributed by atoms with Crippen molar-refractivity contribution in [1.82, 2.24) is 4.90 Å². The number of hydrogen-bond donors (Lipinski definition) is 0. The highest BCUT2D eigenvalue weighted by Crippen LogP contribution is 2.46. The van der Waals surface area contributed by atoms with E-state index in [0.717, 1.165) is 25.9 Å². The standard InChI is InChI=1S/C16H21NO/c1-12-3-4-14-5-6-16(15(14)11-12)7-9-17(10-8-16)13(2)18/h3-4,11H,5-10H2,1-2H3. The number of carbonyl (C=O) groups excluding carboxylic acids is 1. The van der Waals surface area contributed by atoms with Gasteiger partial charge in [-0.05, 0) is 49.1 Å². The van der Waals surface area contributed by atoms with Gasteiger partial charge in [-0.2, -0.15) is 0 Å². The quantitative estimate of drug-likeness (QED) is 0.686. The molecule has 0 N–H and O–H groups in total. The number of carbonyl (C=O) groups is 1. The van der Waals surface area contributed by atoms with Crippen molar-refractivity contribution in [1.29, 1.82) is 0 Å². The second-order valence-electron chi connectivity index (χ2n) is 5.95. The zero-order valence-electron chi connectivity index (χ0n) is 11.3. The van der Waals surface area contributed by atoms with Crippen molar-refractivity contribution >= 4 is 5.91 Å². The molecule has 3 rings (SSSR count). The molecule has 0 bridgehead atoms. The molecule has 1 aromatic carbocycles. The molecule has 1 saturated heterocycles. The molecule has 2 nitrogen and oxygen atoms in total. The van der Waals surface area contributed by atoms with Crippen molar-refractivity contribution in [3.05, 3.63) is 34.9 Å². The third-order valence-corrected chi connectivity index (χ3v) is 4.88. The van der Waals surface area contributed by atoms with Gasteiger partial charge in [0.1, 0.15) is 0 Å². The third-order valence-electron chi connectivity index (χ3n) is 4.88. The fourth-order valence-corrected chi connectivity index (χ4v) is 3.68. The summed E-state index contributed by atoms with van der Waals surface area (Å²) in [7, 11) is 0. The van der Waals surface area contributed by atoms with Crippen LogP contribution in [0.3, 0.4) is 0 Å². The minimum absolute atomic E-state index is 0.229. The molecule has 18 heavy (non-hydrogen) atoms. The third kappa shape index (κ3) is 1.75. The maximum absolute atomic E-state index is 11.4. The van der Waals surface area contributed by atoms with Crippen LogP contribution in [0.5, 0.6) is 0 Å². The summed E-state index contributed by atoms with van der Waals surface area (Å²) in [4.78, 5) is 13.4. The molecule has 1 fully saturated rings. The zero-order valence-corrected chi connectivity index (χ0v) is 11.3. The van der Waals surface area contributed by atoms with Crippen LogP contribution in [0.25, 0.3) is 0 Å². The number of hydrogen-bond acceptors (Lipinski definition) is 1. The first-order chi connectivity index (χ1) is 8.61. The first-order valence-electron chi connectivity index (χ1n) is 6.96. The van der Waals surface area contributed by atoms with Gasteiger partial charge >= 0.3 is 0 Å². The maximum atomic E-state index is 11.4. The lowest BCUT2D eigenvalue weighted by atomic mass is 9.73. The first kappa shape index (κ1) is 11.8.